The van der Waals surface area contributed by atoms with Crippen LogP contribution in [0.4, 0.5) is 0 Å². The zero-order valence-corrected chi connectivity index (χ0v) is 11.4. The Kier molecular flexibility index (Phi) is 3.71. The standard InChI is InChI=1S/C11H21BN2O3/c1-8-7-9(14(6)13-8)12(16)17-11(4,5)10(2,3)15/h7,15-16H,1-6H3. The van der Waals surface area contributed by atoms with Gasteiger partial charge in [-0.3, -0.25) is 4.68 Å². The van der Waals surface area contributed by atoms with Gasteiger partial charge in [0.05, 0.1) is 22.5 Å². The highest BCUT2D eigenvalue weighted by molar-refractivity contribution is 6.59. The number of nitrogens with zero attached hydrogens (tertiary/aromatic N) is 2. The molecular formula is C11H21BN2O3. The van der Waals surface area contributed by atoms with Crippen molar-refractivity contribution in [3.05, 3.63) is 11.8 Å². The number of aromatic nitrogens is 2. The van der Waals surface area contributed by atoms with E-state index in [1.54, 1.807) is 45.5 Å². The first kappa shape index (κ1) is 14.2. The minimum Gasteiger partial charge on any atom is -0.422 e. The molecule has 17 heavy (non-hydrogen) atoms. The lowest BCUT2D eigenvalue weighted by Gasteiger charge is -2.38. The van der Waals surface area contributed by atoms with Crippen LogP contribution < -0.4 is 5.59 Å². The van der Waals surface area contributed by atoms with Crippen LogP contribution in [0.1, 0.15) is 33.4 Å². The van der Waals surface area contributed by atoms with E-state index in [1.165, 1.54) is 0 Å². The van der Waals surface area contributed by atoms with Gasteiger partial charge in [0.1, 0.15) is 0 Å². The van der Waals surface area contributed by atoms with Gasteiger partial charge in [-0.25, -0.2) is 0 Å². The maximum Gasteiger partial charge on any atom is 0.510 e. The third-order valence-electron chi connectivity index (χ3n) is 3.17. The largest absolute Gasteiger partial charge is 0.510 e. The highest BCUT2D eigenvalue weighted by Gasteiger charge is 2.40. The smallest absolute Gasteiger partial charge is 0.422 e. The quantitative estimate of drug-likeness (QED) is 0.726. The van der Waals surface area contributed by atoms with Gasteiger partial charge in [0.2, 0.25) is 0 Å². The molecule has 0 aliphatic rings. The molecule has 0 amide bonds. The van der Waals surface area contributed by atoms with Gasteiger partial charge in [-0.15, -0.1) is 0 Å². The summed E-state index contributed by atoms with van der Waals surface area (Å²) in [7, 11) is 0.633. The highest BCUT2D eigenvalue weighted by Crippen LogP contribution is 2.25. The van der Waals surface area contributed by atoms with Crippen LogP contribution in [0.15, 0.2) is 6.07 Å². The molecule has 96 valence electrons. The molecule has 0 saturated carbocycles. The van der Waals surface area contributed by atoms with Gasteiger partial charge < -0.3 is 14.8 Å². The zero-order chi connectivity index (χ0) is 13.4. The van der Waals surface area contributed by atoms with Gasteiger partial charge in [0.25, 0.3) is 0 Å². The lowest BCUT2D eigenvalue weighted by atomic mass is 9.80. The van der Waals surface area contributed by atoms with Crippen LogP contribution >= 0.6 is 0 Å². The van der Waals surface area contributed by atoms with Crippen LogP contribution in [-0.4, -0.2) is 38.2 Å². The van der Waals surface area contributed by atoms with E-state index < -0.39 is 18.3 Å². The van der Waals surface area contributed by atoms with Crippen molar-refractivity contribution in [2.45, 2.75) is 45.8 Å². The number of hydrogen-bond acceptors (Lipinski definition) is 4. The van der Waals surface area contributed by atoms with Crippen molar-refractivity contribution in [1.82, 2.24) is 9.78 Å². The monoisotopic (exact) mass is 240 g/mol. The topological polar surface area (TPSA) is 67.5 Å². The van der Waals surface area contributed by atoms with Crippen molar-refractivity contribution in [1.29, 1.82) is 0 Å². The van der Waals surface area contributed by atoms with E-state index in [0.29, 0.717) is 5.59 Å². The maximum atomic E-state index is 10.0. The van der Waals surface area contributed by atoms with Crippen molar-refractivity contribution in [3.8, 4) is 0 Å². The molecule has 0 aliphatic heterocycles. The molecule has 1 rings (SSSR count). The van der Waals surface area contributed by atoms with E-state index in [1.807, 2.05) is 6.92 Å². The van der Waals surface area contributed by atoms with Gasteiger partial charge in [0, 0.05) is 7.05 Å². The first-order chi connectivity index (χ1) is 7.54. The Labute approximate surface area is 103 Å². The van der Waals surface area contributed by atoms with Gasteiger partial charge in [-0.1, -0.05) is 0 Å². The summed E-state index contributed by atoms with van der Waals surface area (Å²) < 4.78 is 7.10. The summed E-state index contributed by atoms with van der Waals surface area (Å²) in [5, 5.41) is 24.1. The van der Waals surface area contributed by atoms with Crippen molar-refractivity contribution in [3.63, 3.8) is 0 Å². The molecule has 0 spiro atoms. The predicted octanol–water partition coefficient (Wildman–Crippen LogP) is -0.0179. The molecule has 2 N–H and O–H groups in total. The molecule has 1 aromatic rings. The third kappa shape index (κ3) is 3.09. The Hall–Kier alpha value is -0.845. The van der Waals surface area contributed by atoms with E-state index in [2.05, 4.69) is 5.10 Å². The molecule has 1 heterocycles. The molecule has 0 aromatic carbocycles. The van der Waals surface area contributed by atoms with Crippen LogP contribution in [-0.2, 0) is 11.7 Å². The van der Waals surface area contributed by atoms with E-state index in [0.717, 1.165) is 5.69 Å². The second-order valence-corrected chi connectivity index (χ2v) is 5.37. The zero-order valence-electron chi connectivity index (χ0n) is 11.4. The lowest BCUT2D eigenvalue weighted by Crippen LogP contribution is -2.54. The Morgan fingerprint density at radius 1 is 1.35 bits per heavy atom. The van der Waals surface area contributed by atoms with Crippen LogP contribution in [0.25, 0.3) is 0 Å². The molecule has 1 aromatic heterocycles. The minimum atomic E-state index is -1.11. The van der Waals surface area contributed by atoms with Crippen LogP contribution in [0.5, 0.6) is 0 Å². The fourth-order valence-corrected chi connectivity index (χ4v) is 1.35. The molecule has 0 unspecified atom stereocenters. The summed E-state index contributed by atoms with van der Waals surface area (Å²) in [6.45, 7) is 8.61. The third-order valence-corrected chi connectivity index (χ3v) is 3.17. The molecule has 0 fully saturated rings. The number of rotatable bonds is 4. The highest BCUT2D eigenvalue weighted by atomic mass is 16.5. The number of aryl methyl sites for hydroxylation is 2. The Bertz CT molecular complexity index is 396. The summed E-state index contributed by atoms with van der Waals surface area (Å²) in [6, 6.07) is 1.76. The van der Waals surface area contributed by atoms with Gasteiger partial charge in [-0.05, 0) is 40.7 Å². The van der Waals surface area contributed by atoms with Crippen LogP contribution in [0.3, 0.4) is 0 Å². The summed E-state index contributed by atoms with van der Waals surface area (Å²) in [4.78, 5) is 0. The molecule has 0 bridgehead atoms. The fraction of sp³-hybridized carbons (Fsp3) is 0.727. The van der Waals surface area contributed by atoms with E-state index in [4.69, 9.17) is 4.65 Å². The minimum absolute atomic E-state index is 0.569. The summed E-state index contributed by atoms with van der Waals surface area (Å²) >= 11 is 0. The van der Waals surface area contributed by atoms with Gasteiger partial charge >= 0.3 is 7.12 Å². The van der Waals surface area contributed by atoms with E-state index in [-0.39, 0.29) is 0 Å². The van der Waals surface area contributed by atoms with Crippen LogP contribution in [0, 0.1) is 6.92 Å². The molecule has 6 heteroatoms. The Balaban J connectivity index is 2.86. The average molecular weight is 240 g/mol. The lowest BCUT2D eigenvalue weighted by molar-refractivity contribution is -0.0984. The van der Waals surface area contributed by atoms with Gasteiger partial charge in [0.15, 0.2) is 0 Å². The van der Waals surface area contributed by atoms with Crippen molar-refractivity contribution in [2.75, 3.05) is 0 Å². The predicted molar refractivity (Wildman–Crippen MR) is 67.0 cm³/mol. The Morgan fingerprint density at radius 3 is 2.24 bits per heavy atom. The molecule has 0 radical (unpaired) electrons. The Morgan fingerprint density at radius 2 is 1.88 bits per heavy atom. The molecular weight excluding hydrogens is 219 g/mol. The molecule has 5 nitrogen and oxygen atoms in total. The summed E-state index contributed by atoms with van der Waals surface area (Å²) in [5.74, 6) is 0. The molecule has 0 atom stereocenters. The number of hydrogen-bond donors (Lipinski definition) is 2. The van der Waals surface area contributed by atoms with Crippen molar-refractivity contribution in [2.24, 2.45) is 7.05 Å². The second-order valence-electron chi connectivity index (χ2n) is 5.37. The van der Waals surface area contributed by atoms with Crippen molar-refractivity contribution < 1.29 is 14.8 Å². The van der Waals surface area contributed by atoms with Gasteiger partial charge in [-0.2, -0.15) is 5.10 Å². The number of aliphatic hydroxyl groups is 1. The SMILES string of the molecule is Cc1cc(B(O)OC(C)(C)C(C)(C)O)n(C)n1. The van der Waals surface area contributed by atoms with E-state index in [9.17, 15) is 10.1 Å². The fourth-order valence-electron chi connectivity index (χ4n) is 1.35. The summed E-state index contributed by atoms with van der Waals surface area (Å²) in [5.41, 5.74) is -0.544. The van der Waals surface area contributed by atoms with E-state index >= 15 is 0 Å². The maximum absolute atomic E-state index is 10.0. The summed E-state index contributed by atoms with van der Waals surface area (Å²) in [6.07, 6.45) is 0. The average Bonchev–Trinajstić information content (AvgIpc) is 2.42. The molecule has 0 aliphatic carbocycles. The van der Waals surface area contributed by atoms with Crippen molar-refractivity contribution >= 4 is 12.7 Å². The first-order valence-corrected chi connectivity index (χ1v) is 5.63. The van der Waals surface area contributed by atoms with Crippen LogP contribution in [0.2, 0.25) is 0 Å². The molecule has 0 saturated heterocycles. The normalized spacial score (nSPS) is 12.9. The second kappa shape index (κ2) is 4.44. The first-order valence-electron chi connectivity index (χ1n) is 5.63.